The molecule has 3 heteroatoms. The van der Waals surface area contributed by atoms with Gasteiger partial charge in [-0.05, 0) is 19.3 Å². The molecule has 2 aliphatic rings. The molecule has 1 saturated heterocycles. The molecule has 1 saturated carbocycles. The fourth-order valence-electron chi connectivity index (χ4n) is 3.52. The van der Waals surface area contributed by atoms with Gasteiger partial charge in [0.2, 0.25) is 0 Å². The smallest absolute Gasteiger partial charge is 0.0969 e. The predicted octanol–water partition coefficient (Wildman–Crippen LogP) is -0.689. The second-order valence-corrected chi connectivity index (χ2v) is 6.10. The zero-order valence-electron chi connectivity index (χ0n) is 11.3. The summed E-state index contributed by atoms with van der Waals surface area (Å²) in [6.45, 7) is 6.41. The molecule has 0 amide bonds. The molecular formula is C14H30N2O+2. The van der Waals surface area contributed by atoms with Crippen molar-refractivity contribution in [1.82, 2.24) is 0 Å². The fourth-order valence-corrected chi connectivity index (χ4v) is 3.52. The van der Waals surface area contributed by atoms with E-state index in [-0.39, 0.29) is 6.10 Å². The summed E-state index contributed by atoms with van der Waals surface area (Å²) in [5.41, 5.74) is 0. The van der Waals surface area contributed by atoms with Gasteiger partial charge >= 0.3 is 0 Å². The maximum Gasteiger partial charge on any atom is 0.0969 e. The van der Waals surface area contributed by atoms with Crippen molar-refractivity contribution in [2.75, 3.05) is 19.6 Å². The maximum absolute atomic E-state index is 9.51. The van der Waals surface area contributed by atoms with Crippen molar-refractivity contribution in [2.24, 2.45) is 0 Å². The van der Waals surface area contributed by atoms with E-state index in [4.69, 9.17) is 0 Å². The first kappa shape index (κ1) is 13.3. The molecule has 0 atom stereocenters. The van der Waals surface area contributed by atoms with E-state index in [1.54, 1.807) is 0 Å². The molecule has 0 aromatic rings. The molecule has 17 heavy (non-hydrogen) atoms. The fraction of sp³-hybridized carbons (Fsp3) is 1.00. The number of nitrogens with two attached hydrogens (primary N) is 1. The number of hydrogen-bond acceptors (Lipinski definition) is 1. The van der Waals surface area contributed by atoms with Gasteiger partial charge in [-0.15, -0.1) is 0 Å². The highest BCUT2D eigenvalue weighted by Crippen LogP contribution is 2.16. The lowest BCUT2D eigenvalue weighted by Crippen LogP contribution is -3.15. The largest absolute Gasteiger partial charge is 0.393 e. The first-order chi connectivity index (χ1) is 8.28. The Labute approximate surface area is 106 Å². The number of piperidine rings is 1. The molecule has 1 aliphatic heterocycles. The van der Waals surface area contributed by atoms with Crippen molar-refractivity contribution in [1.29, 1.82) is 0 Å². The van der Waals surface area contributed by atoms with E-state index < -0.39 is 0 Å². The minimum absolute atomic E-state index is 0.00417. The SMILES string of the molecule is CCC[NH+]1CCC([NH2+]C2CCC(O)CC2)CC1. The first-order valence-electron chi connectivity index (χ1n) is 7.64. The third-order valence-electron chi connectivity index (χ3n) is 4.63. The third kappa shape index (κ3) is 4.23. The lowest BCUT2D eigenvalue weighted by molar-refractivity contribution is -0.914. The zero-order chi connectivity index (χ0) is 12.1. The van der Waals surface area contributed by atoms with Gasteiger partial charge in [-0.2, -0.15) is 0 Å². The van der Waals surface area contributed by atoms with Crippen molar-refractivity contribution in [3.05, 3.63) is 0 Å². The number of aliphatic hydroxyl groups excluding tert-OH is 1. The van der Waals surface area contributed by atoms with Crippen molar-refractivity contribution < 1.29 is 15.3 Å². The molecule has 0 aromatic heterocycles. The highest BCUT2D eigenvalue weighted by molar-refractivity contribution is 4.71. The van der Waals surface area contributed by atoms with Gasteiger partial charge in [-0.3, -0.25) is 0 Å². The van der Waals surface area contributed by atoms with Crippen molar-refractivity contribution in [3.63, 3.8) is 0 Å². The third-order valence-corrected chi connectivity index (χ3v) is 4.63. The Kier molecular flexibility index (Phi) is 5.26. The lowest BCUT2D eigenvalue weighted by Gasteiger charge is -2.32. The monoisotopic (exact) mass is 242 g/mol. The van der Waals surface area contributed by atoms with E-state index in [0.717, 1.165) is 24.9 Å². The van der Waals surface area contributed by atoms with E-state index in [1.807, 2.05) is 4.90 Å². The molecule has 3 nitrogen and oxygen atoms in total. The van der Waals surface area contributed by atoms with Gasteiger partial charge in [0.15, 0.2) is 0 Å². The Morgan fingerprint density at radius 1 is 1.00 bits per heavy atom. The maximum atomic E-state index is 9.51. The molecule has 0 radical (unpaired) electrons. The van der Waals surface area contributed by atoms with Crippen LogP contribution in [0.15, 0.2) is 0 Å². The highest BCUT2D eigenvalue weighted by atomic mass is 16.3. The van der Waals surface area contributed by atoms with Crippen molar-refractivity contribution >= 4 is 0 Å². The van der Waals surface area contributed by atoms with Crippen molar-refractivity contribution in [2.45, 2.75) is 70.1 Å². The number of nitrogens with one attached hydrogen (secondary N) is 1. The van der Waals surface area contributed by atoms with Crippen LogP contribution in [0.4, 0.5) is 0 Å². The van der Waals surface area contributed by atoms with Gasteiger partial charge < -0.3 is 15.3 Å². The summed E-state index contributed by atoms with van der Waals surface area (Å²) in [5.74, 6) is 0. The summed E-state index contributed by atoms with van der Waals surface area (Å²) in [7, 11) is 0. The summed E-state index contributed by atoms with van der Waals surface area (Å²) < 4.78 is 0. The molecule has 0 unspecified atom stereocenters. The van der Waals surface area contributed by atoms with Gasteiger partial charge in [0.1, 0.15) is 0 Å². The molecular weight excluding hydrogens is 212 g/mol. The van der Waals surface area contributed by atoms with Gasteiger partial charge in [-0.1, -0.05) is 6.92 Å². The van der Waals surface area contributed by atoms with Crippen LogP contribution >= 0.6 is 0 Å². The number of hydrogen-bond donors (Lipinski definition) is 3. The Bertz CT molecular complexity index is 206. The topological polar surface area (TPSA) is 41.3 Å². The Morgan fingerprint density at radius 2 is 1.59 bits per heavy atom. The minimum atomic E-state index is -0.00417. The Hall–Kier alpha value is -0.120. The first-order valence-corrected chi connectivity index (χ1v) is 7.64. The second kappa shape index (κ2) is 6.72. The second-order valence-electron chi connectivity index (χ2n) is 6.10. The van der Waals surface area contributed by atoms with E-state index in [1.165, 1.54) is 51.7 Å². The predicted molar refractivity (Wildman–Crippen MR) is 69.1 cm³/mol. The lowest BCUT2D eigenvalue weighted by atomic mass is 9.91. The summed E-state index contributed by atoms with van der Waals surface area (Å²) in [6, 6.07) is 1.67. The van der Waals surface area contributed by atoms with Crippen LogP contribution in [-0.2, 0) is 0 Å². The van der Waals surface area contributed by atoms with Crippen molar-refractivity contribution in [3.8, 4) is 0 Å². The normalized spacial score (nSPS) is 39.2. The van der Waals surface area contributed by atoms with E-state index in [0.29, 0.717) is 0 Å². The van der Waals surface area contributed by atoms with Gasteiger partial charge in [0.05, 0.1) is 37.8 Å². The molecule has 1 heterocycles. The highest BCUT2D eigenvalue weighted by Gasteiger charge is 2.28. The van der Waals surface area contributed by atoms with Crippen LogP contribution in [0.5, 0.6) is 0 Å². The number of rotatable bonds is 4. The van der Waals surface area contributed by atoms with Crippen LogP contribution in [0.2, 0.25) is 0 Å². The summed E-state index contributed by atoms with van der Waals surface area (Å²) >= 11 is 0. The molecule has 4 N–H and O–H groups in total. The molecule has 0 spiro atoms. The van der Waals surface area contributed by atoms with E-state index >= 15 is 0 Å². The standard InChI is InChI=1S/C14H28N2O/c1-2-9-16-10-7-13(8-11-16)15-12-3-5-14(17)6-4-12/h12-15,17H,2-11H2,1H3/p+2. The molecule has 1 aliphatic carbocycles. The quantitative estimate of drug-likeness (QED) is 0.600. The molecule has 2 fully saturated rings. The Balaban J connectivity index is 1.64. The van der Waals surface area contributed by atoms with Crippen LogP contribution in [0.25, 0.3) is 0 Å². The average Bonchev–Trinajstić information content (AvgIpc) is 2.35. The summed E-state index contributed by atoms with van der Waals surface area (Å²) in [6.07, 6.45) is 8.62. The van der Waals surface area contributed by atoms with Crippen LogP contribution in [0, 0.1) is 0 Å². The number of likely N-dealkylation sites (tertiary alicyclic amines) is 1. The summed E-state index contributed by atoms with van der Waals surface area (Å²) in [4.78, 5) is 1.82. The molecule has 100 valence electrons. The molecule has 0 bridgehead atoms. The number of quaternary nitrogens is 2. The van der Waals surface area contributed by atoms with E-state index in [2.05, 4.69) is 12.2 Å². The van der Waals surface area contributed by atoms with E-state index in [9.17, 15) is 5.11 Å². The number of aliphatic hydroxyl groups is 1. The van der Waals surface area contributed by atoms with Crippen LogP contribution in [0.1, 0.15) is 51.9 Å². The van der Waals surface area contributed by atoms with Gasteiger partial charge in [-0.25, -0.2) is 0 Å². The van der Waals surface area contributed by atoms with Crippen LogP contribution in [0.3, 0.4) is 0 Å². The zero-order valence-corrected chi connectivity index (χ0v) is 11.3. The van der Waals surface area contributed by atoms with Crippen LogP contribution in [-0.4, -0.2) is 42.9 Å². The van der Waals surface area contributed by atoms with Crippen LogP contribution < -0.4 is 10.2 Å². The van der Waals surface area contributed by atoms with Gasteiger partial charge in [0, 0.05) is 25.7 Å². The Morgan fingerprint density at radius 3 is 2.18 bits per heavy atom. The summed E-state index contributed by atoms with van der Waals surface area (Å²) in [5, 5.41) is 12.1. The molecule has 0 aromatic carbocycles. The van der Waals surface area contributed by atoms with Gasteiger partial charge in [0.25, 0.3) is 0 Å². The minimum Gasteiger partial charge on any atom is -0.393 e. The average molecular weight is 242 g/mol. The molecule has 2 rings (SSSR count).